The molecule has 124 valence electrons. The number of hydrogen-bond acceptors (Lipinski definition) is 5. The summed E-state index contributed by atoms with van der Waals surface area (Å²) in [7, 11) is -1.27. The topological polar surface area (TPSA) is 67.7 Å². The molecule has 2 atom stereocenters. The quantitative estimate of drug-likeness (QED) is 0.779. The predicted molar refractivity (Wildman–Crippen MR) is 82.9 cm³/mol. The predicted octanol–water partition coefficient (Wildman–Crippen LogP) is -0.0368. The zero-order chi connectivity index (χ0) is 15.9. The molecule has 0 amide bonds. The normalized spacial score (nSPS) is 27.8. The van der Waals surface area contributed by atoms with E-state index < -0.39 is 10.0 Å². The Bertz CT molecular complexity index is 643. The van der Waals surface area contributed by atoms with Gasteiger partial charge in [-0.25, -0.2) is 8.42 Å². The van der Waals surface area contributed by atoms with Crippen LogP contribution in [0.3, 0.4) is 0 Å². The zero-order valence-corrected chi connectivity index (χ0v) is 14.2. The second-order valence-electron chi connectivity index (χ2n) is 6.29. The van der Waals surface area contributed by atoms with Crippen molar-refractivity contribution in [1.29, 1.82) is 0 Å². The van der Waals surface area contributed by atoms with E-state index >= 15 is 0 Å². The highest BCUT2D eigenvalue weighted by atomic mass is 32.2. The van der Waals surface area contributed by atoms with Crippen molar-refractivity contribution < 1.29 is 13.2 Å². The number of aromatic nitrogens is 2. The largest absolute Gasteiger partial charge is 0.375 e. The molecule has 0 aromatic carbocycles. The molecule has 2 fully saturated rings. The van der Waals surface area contributed by atoms with Crippen LogP contribution in [0.1, 0.15) is 17.7 Å². The monoisotopic (exact) mass is 328 g/mol. The van der Waals surface area contributed by atoms with E-state index in [0.717, 1.165) is 25.2 Å². The number of hydrogen-bond donors (Lipinski definition) is 0. The van der Waals surface area contributed by atoms with Gasteiger partial charge in [-0.3, -0.25) is 9.58 Å². The highest BCUT2D eigenvalue weighted by Crippen LogP contribution is 2.26. The summed E-state index contributed by atoms with van der Waals surface area (Å²) in [6.45, 7) is 5.41. The second-order valence-corrected chi connectivity index (χ2v) is 8.22. The summed E-state index contributed by atoms with van der Waals surface area (Å²) in [5, 5.41) is 4.37. The van der Waals surface area contributed by atoms with Crippen molar-refractivity contribution in [1.82, 2.24) is 19.0 Å². The Morgan fingerprint density at radius 3 is 2.82 bits per heavy atom. The van der Waals surface area contributed by atoms with E-state index in [-0.39, 0.29) is 12.1 Å². The van der Waals surface area contributed by atoms with Gasteiger partial charge in [-0.2, -0.15) is 9.40 Å². The molecule has 0 saturated carbocycles. The average molecular weight is 328 g/mol. The third-order valence-corrected chi connectivity index (χ3v) is 5.86. The molecule has 22 heavy (non-hydrogen) atoms. The molecule has 0 unspecified atom stereocenters. The highest BCUT2D eigenvalue weighted by molar-refractivity contribution is 7.88. The summed E-state index contributed by atoms with van der Waals surface area (Å²) < 4.78 is 33.2. The molecule has 2 aliphatic rings. The van der Waals surface area contributed by atoms with E-state index in [9.17, 15) is 8.42 Å². The molecular weight excluding hydrogens is 304 g/mol. The SMILES string of the molecule is Cc1nn(C)cc1CN1CC[C@H]2OCCN(S(C)(=O)=O)[C@@H]2C1. The first-order chi connectivity index (χ1) is 10.3. The molecular formula is C14H24N4O3S. The van der Waals surface area contributed by atoms with E-state index in [0.29, 0.717) is 19.7 Å². The third kappa shape index (κ3) is 3.19. The lowest BCUT2D eigenvalue weighted by Gasteiger charge is -2.45. The molecule has 0 spiro atoms. The molecule has 7 nitrogen and oxygen atoms in total. The van der Waals surface area contributed by atoms with Crippen LogP contribution in [0.5, 0.6) is 0 Å². The highest BCUT2D eigenvalue weighted by Gasteiger charge is 2.40. The lowest BCUT2D eigenvalue weighted by molar-refractivity contribution is -0.0768. The molecule has 0 N–H and O–H groups in total. The van der Waals surface area contributed by atoms with Crippen LogP contribution in [0, 0.1) is 6.92 Å². The van der Waals surface area contributed by atoms with Crippen molar-refractivity contribution in [2.24, 2.45) is 7.05 Å². The number of nitrogens with zero attached hydrogens (tertiary/aromatic N) is 4. The van der Waals surface area contributed by atoms with Gasteiger partial charge in [-0.15, -0.1) is 0 Å². The summed E-state index contributed by atoms with van der Waals surface area (Å²) in [5.41, 5.74) is 2.23. The van der Waals surface area contributed by atoms with Crippen LogP contribution in [0.2, 0.25) is 0 Å². The fourth-order valence-electron chi connectivity index (χ4n) is 3.51. The van der Waals surface area contributed by atoms with Gasteiger partial charge in [0.2, 0.25) is 10.0 Å². The first kappa shape index (κ1) is 15.9. The van der Waals surface area contributed by atoms with E-state index in [1.54, 1.807) is 4.31 Å². The van der Waals surface area contributed by atoms with Crippen molar-refractivity contribution in [2.45, 2.75) is 32.0 Å². The van der Waals surface area contributed by atoms with Crippen molar-refractivity contribution in [2.75, 3.05) is 32.5 Å². The minimum atomic E-state index is -3.19. The van der Waals surface area contributed by atoms with Gasteiger partial charge in [-0.05, 0) is 13.3 Å². The number of aryl methyl sites for hydroxylation is 2. The van der Waals surface area contributed by atoms with Gasteiger partial charge in [0.1, 0.15) is 0 Å². The maximum absolute atomic E-state index is 12.0. The van der Waals surface area contributed by atoms with Gasteiger partial charge in [0, 0.05) is 45.0 Å². The van der Waals surface area contributed by atoms with Gasteiger partial charge < -0.3 is 4.74 Å². The maximum atomic E-state index is 12.0. The smallest absolute Gasteiger partial charge is 0.211 e. The maximum Gasteiger partial charge on any atom is 0.211 e. The molecule has 0 aliphatic carbocycles. The third-order valence-electron chi connectivity index (χ3n) is 4.55. The first-order valence-corrected chi connectivity index (χ1v) is 9.49. The summed E-state index contributed by atoms with van der Waals surface area (Å²) in [5.74, 6) is 0. The molecule has 2 saturated heterocycles. The Kier molecular flexibility index (Phi) is 4.28. The summed E-state index contributed by atoms with van der Waals surface area (Å²) in [6.07, 6.45) is 4.22. The van der Waals surface area contributed by atoms with E-state index in [2.05, 4.69) is 10.00 Å². The zero-order valence-electron chi connectivity index (χ0n) is 13.4. The molecule has 0 bridgehead atoms. The number of fused-ring (bicyclic) bond motifs is 1. The lowest BCUT2D eigenvalue weighted by atomic mass is 10.00. The standard InChI is InChI=1S/C14H24N4O3S/c1-11-12(8-16(2)15-11)9-17-5-4-14-13(10-17)18(6-7-21-14)22(3,19)20/h8,13-14H,4-7,9-10H2,1-3H3/t13-,14-/m1/s1. The van der Waals surface area contributed by atoms with Gasteiger partial charge in [0.15, 0.2) is 0 Å². The molecule has 3 heterocycles. The summed E-state index contributed by atoms with van der Waals surface area (Å²) >= 11 is 0. The Morgan fingerprint density at radius 1 is 1.41 bits per heavy atom. The average Bonchev–Trinajstić information content (AvgIpc) is 2.75. The minimum Gasteiger partial charge on any atom is -0.375 e. The van der Waals surface area contributed by atoms with Gasteiger partial charge in [0.25, 0.3) is 0 Å². The van der Waals surface area contributed by atoms with Crippen LogP contribution in [0.25, 0.3) is 0 Å². The van der Waals surface area contributed by atoms with Gasteiger partial charge >= 0.3 is 0 Å². The fraction of sp³-hybridized carbons (Fsp3) is 0.786. The van der Waals surface area contributed by atoms with Crippen LogP contribution in [-0.2, 0) is 28.4 Å². The van der Waals surface area contributed by atoms with Crippen LogP contribution in [0.4, 0.5) is 0 Å². The molecule has 1 aromatic heterocycles. The van der Waals surface area contributed by atoms with Crippen molar-refractivity contribution in [3.8, 4) is 0 Å². The number of likely N-dealkylation sites (tertiary alicyclic amines) is 1. The molecule has 0 radical (unpaired) electrons. The summed E-state index contributed by atoms with van der Waals surface area (Å²) in [6, 6.07) is -0.0746. The number of ether oxygens (including phenoxy) is 1. The number of sulfonamides is 1. The van der Waals surface area contributed by atoms with E-state index in [1.807, 2.05) is 24.9 Å². The van der Waals surface area contributed by atoms with E-state index in [4.69, 9.17) is 4.74 Å². The second kappa shape index (κ2) is 5.92. The Hall–Kier alpha value is -0.960. The Labute approximate surface area is 131 Å². The van der Waals surface area contributed by atoms with Crippen LogP contribution >= 0.6 is 0 Å². The van der Waals surface area contributed by atoms with Crippen molar-refractivity contribution in [3.05, 3.63) is 17.5 Å². The van der Waals surface area contributed by atoms with Gasteiger partial charge in [-0.1, -0.05) is 0 Å². The molecule has 8 heteroatoms. The van der Waals surface area contributed by atoms with Crippen LogP contribution < -0.4 is 0 Å². The summed E-state index contributed by atoms with van der Waals surface area (Å²) in [4.78, 5) is 2.30. The van der Waals surface area contributed by atoms with Crippen molar-refractivity contribution in [3.63, 3.8) is 0 Å². The fourth-order valence-corrected chi connectivity index (χ4v) is 4.61. The minimum absolute atomic E-state index is 0.0229. The number of rotatable bonds is 3. The molecule has 2 aliphatic heterocycles. The molecule has 1 aromatic rings. The lowest BCUT2D eigenvalue weighted by Crippen LogP contribution is -2.60. The van der Waals surface area contributed by atoms with E-state index in [1.165, 1.54) is 11.8 Å². The number of morpholine rings is 1. The van der Waals surface area contributed by atoms with Crippen LogP contribution in [-0.4, -0.2) is 72.0 Å². The number of piperidine rings is 1. The Balaban J connectivity index is 1.73. The Morgan fingerprint density at radius 2 is 2.18 bits per heavy atom. The molecule has 3 rings (SSSR count). The first-order valence-electron chi connectivity index (χ1n) is 7.64. The van der Waals surface area contributed by atoms with Crippen molar-refractivity contribution >= 4 is 10.0 Å². The van der Waals surface area contributed by atoms with Gasteiger partial charge in [0.05, 0.1) is 30.7 Å². The van der Waals surface area contributed by atoms with Crippen LogP contribution in [0.15, 0.2) is 6.20 Å².